The smallest absolute Gasteiger partial charge is 0.163 e. The van der Waals surface area contributed by atoms with E-state index in [0.29, 0.717) is 23.3 Å². The van der Waals surface area contributed by atoms with Gasteiger partial charge in [0.1, 0.15) is 0 Å². The second-order valence-electron chi connectivity index (χ2n) is 4.21. The van der Waals surface area contributed by atoms with Gasteiger partial charge in [-0.05, 0) is 29.5 Å². The van der Waals surface area contributed by atoms with Gasteiger partial charge in [0.25, 0.3) is 0 Å². The Morgan fingerprint density at radius 1 is 1.43 bits per heavy atom. The number of hydrogen-bond donors (Lipinski definition) is 0. The minimum atomic E-state index is 0.237. The molecule has 0 N–H and O–H groups in total. The lowest BCUT2D eigenvalue weighted by molar-refractivity contribution is 0.0984. The molecule has 1 atom stereocenters. The average Bonchev–Trinajstić information content (AvgIpc) is 2.44. The summed E-state index contributed by atoms with van der Waals surface area (Å²) in [6, 6.07) is 5.66. The van der Waals surface area contributed by atoms with Crippen LogP contribution in [0, 0.1) is 5.92 Å². The van der Waals surface area contributed by atoms with E-state index in [1.165, 1.54) is 5.56 Å². The van der Waals surface area contributed by atoms with E-state index in [0.717, 1.165) is 5.56 Å². The van der Waals surface area contributed by atoms with Crippen molar-refractivity contribution in [1.29, 1.82) is 0 Å². The van der Waals surface area contributed by atoms with Crippen LogP contribution in [0.1, 0.15) is 42.1 Å². The summed E-state index contributed by atoms with van der Waals surface area (Å²) in [6.07, 6.45) is 0.646. The summed E-state index contributed by atoms with van der Waals surface area (Å²) in [4.78, 5) is 11.7. The lowest BCUT2D eigenvalue weighted by atomic mass is 9.90. The Balaban J connectivity index is 2.50. The lowest BCUT2D eigenvalue weighted by Crippen LogP contribution is -2.02. The Bertz CT molecular complexity index is 382. The van der Waals surface area contributed by atoms with E-state index in [4.69, 9.17) is 11.6 Å². The summed E-state index contributed by atoms with van der Waals surface area (Å²) in [5.41, 5.74) is 2.01. The molecule has 1 nitrogen and oxygen atoms in total. The highest BCUT2D eigenvalue weighted by Gasteiger charge is 2.30. The number of carbonyl (C=O) groups is 1. The van der Waals surface area contributed by atoms with E-state index in [1.807, 2.05) is 12.1 Å². The zero-order valence-corrected chi connectivity index (χ0v) is 9.14. The van der Waals surface area contributed by atoms with E-state index in [2.05, 4.69) is 13.8 Å². The molecule has 1 aromatic rings. The topological polar surface area (TPSA) is 17.1 Å². The molecule has 1 aliphatic rings. The van der Waals surface area contributed by atoms with Crippen LogP contribution in [0.5, 0.6) is 0 Å². The predicted octanol–water partition coefficient (Wildman–Crippen LogP) is 3.67. The molecular weight excluding hydrogens is 196 g/mol. The van der Waals surface area contributed by atoms with Gasteiger partial charge in [-0.15, -0.1) is 0 Å². The third-order valence-electron chi connectivity index (χ3n) is 2.93. The first kappa shape index (κ1) is 9.72. The third kappa shape index (κ3) is 1.46. The molecular formula is C12H13ClO. The molecule has 74 valence electrons. The Kier molecular flexibility index (Phi) is 2.36. The van der Waals surface area contributed by atoms with Gasteiger partial charge in [0, 0.05) is 17.0 Å². The average molecular weight is 209 g/mol. The number of rotatable bonds is 1. The van der Waals surface area contributed by atoms with Gasteiger partial charge in [-0.3, -0.25) is 4.79 Å². The summed E-state index contributed by atoms with van der Waals surface area (Å²) in [6.45, 7) is 4.31. The summed E-state index contributed by atoms with van der Waals surface area (Å²) < 4.78 is 0. The Morgan fingerprint density at radius 2 is 2.14 bits per heavy atom. The zero-order chi connectivity index (χ0) is 10.3. The van der Waals surface area contributed by atoms with Crippen LogP contribution in [-0.4, -0.2) is 5.78 Å². The molecule has 2 heteroatoms. The van der Waals surface area contributed by atoms with Gasteiger partial charge < -0.3 is 0 Å². The number of halogens is 1. The van der Waals surface area contributed by atoms with Crippen molar-refractivity contribution in [3.8, 4) is 0 Å². The standard InChI is InChI=1S/C12H13ClO/c1-7(2)10-6-12(14)11-5-8(13)3-4-9(10)11/h3-5,7,10H,6H2,1-2H3. The molecule has 0 heterocycles. The number of Topliss-reactive ketones (excluding diaryl/α,β-unsaturated/α-hetero) is 1. The first-order valence-corrected chi connectivity index (χ1v) is 5.30. The maximum absolute atomic E-state index is 11.7. The highest BCUT2D eigenvalue weighted by Crippen LogP contribution is 2.38. The molecule has 1 aliphatic carbocycles. The normalized spacial score (nSPS) is 20.3. The van der Waals surface area contributed by atoms with Crippen molar-refractivity contribution < 1.29 is 4.79 Å². The van der Waals surface area contributed by atoms with Crippen molar-refractivity contribution in [2.45, 2.75) is 26.2 Å². The maximum atomic E-state index is 11.7. The van der Waals surface area contributed by atoms with Crippen LogP contribution < -0.4 is 0 Å². The first-order valence-electron chi connectivity index (χ1n) is 4.92. The van der Waals surface area contributed by atoms with Gasteiger partial charge in [-0.25, -0.2) is 0 Å². The van der Waals surface area contributed by atoms with Gasteiger partial charge in [-0.1, -0.05) is 31.5 Å². The Labute approximate surface area is 89.1 Å². The fraction of sp³-hybridized carbons (Fsp3) is 0.417. The quantitative estimate of drug-likeness (QED) is 0.688. The number of carbonyl (C=O) groups excluding carboxylic acids is 1. The molecule has 0 spiro atoms. The second kappa shape index (κ2) is 3.39. The molecule has 2 rings (SSSR count). The van der Waals surface area contributed by atoms with Gasteiger partial charge in [-0.2, -0.15) is 0 Å². The number of benzene rings is 1. The third-order valence-corrected chi connectivity index (χ3v) is 3.16. The summed E-state index contributed by atoms with van der Waals surface area (Å²) in [5.74, 6) is 1.14. The molecule has 14 heavy (non-hydrogen) atoms. The molecule has 1 unspecified atom stereocenters. The molecule has 0 radical (unpaired) electrons. The zero-order valence-electron chi connectivity index (χ0n) is 8.38. The van der Waals surface area contributed by atoms with Crippen LogP contribution in [0.15, 0.2) is 18.2 Å². The van der Waals surface area contributed by atoms with Gasteiger partial charge in [0.15, 0.2) is 5.78 Å². The number of ketones is 1. The van der Waals surface area contributed by atoms with Crippen LogP contribution in [0.2, 0.25) is 5.02 Å². The van der Waals surface area contributed by atoms with E-state index >= 15 is 0 Å². The summed E-state index contributed by atoms with van der Waals surface area (Å²) >= 11 is 5.86. The molecule has 0 aromatic heterocycles. The van der Waals surface area contributed by atoms with Crippen molar-refractivity contribution in [2.24, 2.45) is 5.92 Å². The largest absolute Gasteiger partial charge is 0.294 e. The predicted molar refractivity (Wildman–Crippen MR) is 58.0 cm³/mol. The van der Waals surface area contributed by atoms with Gasteiger partial charge in [0.05, 0.1) is 0 Å². The highest BCUT2D eigenvalue weighted by atomic mass is 35.5. The fourth-order valence-electron chi connectivity index (χ4n) is 2.11. The molecule has 0 bridgehead atoms. The monoisotopic (exact) mass is 208 g/mol. The Hall–Kier alpha value is -0.820. The van der Waals surface area contributed by atoms with Crippen molar-refractivity contribution >= 4 is 17.4 Å². The first-order chi connectivity index (χ1) is 6.59. The van der Waals surface area contributed by atoms with Crippen LogP contribution in [-0.2, 0) is 0 Å². The van der Waals surface area contributed by atoms with Crippen LogP contribution in [0.4, 0.5) is 0 Å². The SMILES string of the molecule is CC(C)C1CC(=O)c2cc(Cl)ccc21. The molecule has 0 amide bonds. The van der Waals surface area contributed by atoms with Gasteiger partial charge in [0.2, 0.25) is 0 Å². The van der Waals surface area contributed by atoms with Crippen LogP contribution in [0.25, 0.3) is 0 Å². The molecule has 0 fully saturated rings. The fourth-order valence-corrected chi connectivity index (χ4v) is 2.28. The Morgan fingerprint density at radius 3 is 2.79 bits per heavy atom. The molecule has 0 saturated carbocycles. The maximum Gasteiger partial charge on any atom is 0.163 e. The summed E-state index contributed by atoms with van der Waals surface area (Å²) in [5, 5.41) is 0.654. The lowest BCUT2D eigenvalue weighted by Gasteiger charge is -2.14. The summed E-state index contributed by atoms with van der Waals surface area (Å²) in [7, 11) is 0. The van der Waals surface area contributed by atoms with Gasteiger partial charge >= 0.3 is 0 Å². The number of fused-ring (bicyclic) bond motifs is 1. The second-order valence-corrected chi connectivity index (χ2v) is 4.65. The van der Waals surface area contributed by atoms with E-state index in [1.54, 1.807) is 6.07 Å². The minimum Gasteiger partial charge on any atom is -0.294 e. The van der Waals surface area contributed by atoms with E-state index in [9.17, 15) is 4.79 Å². The highest BCUT2D eigenvalue weighted by molar-refractivity contribution is 6.31. The molecule has 0 aliphatic heterocycles. The van der Waals surface area contributed by atoms with Crippen LogP contribution in [0.3, 0.4) is 0 Å². The van der Waals surface area contributed by atoms with E-state index in [-0.39, 0.29) is 5.78 Å². The van der Waals surface area contributed by atoms with Crippen molar-refractivity contribution in [3.05, 3.63) is 34.3 Å². The molecule has 0 saturated heterocycles. The van der Waals surface area contributed by atoms with Crippen molar-refractivity contribution in [2.75, 3.05) is 0 Å². The minimum absolute atomic E-state index is 0.237. The van der Waals surface area contributed by atoms with Crippen molar-refractivity contribution in [1.82, 2.24) is 0 Å². The number of hydrogen-bond acceptors (Lipinski definition) is 1. The van der Waals surface area contributed by atoms with Crippen molar-refractivity contribution in [3.63, 3.8) is 0 Å². The van der Waals surface area contributed by atoms with E-state index < -0.39 is 0 Å². The van der Waals surface area contributed by atoms with Crippen LogP contribution >= 0.6 is 11.6 Å². The molecule has 1 aromatic carbocycles.